The second-order valence-electron chi connectivity index (χ2n) is 2.69. The number of carboxylic acid groups (broad SMARTS) is 1. The van der Waals surface area contributed by atoms with Crippen LogP contribution < -0.4 is 0 Å². The summed E-state index contributed by atoms with van der Waals surface area (Å²) in [5, 5.41) is 11.9. The molecule has 1 N–H and O–H groups in total. The molecule has 0 fully saturated rings. The fourth-order valence-corrected chi connectivity index (χ4v) is 4.41. The molecule has 0 saturated carbocycles. The van der Waals surface area contributed by atoms with Crippen molar-refractivity contribution in [2.24, 2.45) is 0 Å². The molecular formula is C9H4BrIO2S. The Morgan fingerprint density at radius 3 is 2.86 bits per heavy atom. The van der Waals surface area contributed by atoms with Crippen LogP contribution in [0.2, 0.25) is 0 Å². The van der Waals surface area contributed by atoms with Crippen LogP contribution in [0.1, 0.15) is 10.4 Å². The van der Waals surface area contributed by atoms with Crippen LogP contribution in [0.3, 0.4) is 0 Å². The molecule has 2 aromatic rings. The van der Waals surface area contributed by atoms with E-state index in [0.29, 0.717) is 5.56 Å². The van der Waals surface area contributed by atoms with Crippen molar-refractivity contribution in [3.05, 3.63) is 31.1 Å². The molecule has 72 valence electrons. The van der Waals surface area contributed by atoms with E-state index in [2.05, 4.69) is 38.5 Å². The molecule has 0 saturated heterocycles. The molecule has 2 rings (SSSR count). The highest BCUT2D eigenvalue weighted by Crippen LogP contribution is 2.35. The molecule has 0 atom stereocenters. The van der Waals surface area contributed by atoms with Crippen molar-refractivity contribution in [2.75, 3.05) is 0 Å². The second kappa shape index (κ2) is 3.79. The number of hydrogen-bond acceptors (Lipinski definition) is 2. The maximum Gasteiger partial charge on any atom is 0.336 e. The molecule has 0 aliphatic heterocycles. The predicted octanol–water partition coefficient (Wildman–Crippen LogP) is 3.97. The summed E-state index contributed by atoms with van der Waals surface area (Å²) in [5.74, 6) is -0.880. The topological polar surface area (TPSA) is 37.3 Å². The zero-order chi connectivity index (χ0) is 10.3. The molecule has 0 unspecified atom stereocenters. The Kier molecular flexibility index (Phi) is 2.81. The van der Waals surface area contributed by atoms with Crippen LogP contribution in [-0.2, 0) is 0 Å². The first kappa shape index (κ1) is 10.4. The third-order valence-corrected chi connectivity index (χ3v) is 4.86. The Morgan fingerprint density at radius 2 is 2.21 bits per heavy atom. The highest BCUT2D eigenvalue weighted by molar-refractivity contribution is 14.1. The molecule has 2 nitrogen and oxygen atoms in total. The summed E-state index contributed by atoms with van der Waals surface area (Å²) in [5.41, 5.74) is 0.359. The third-order valence-electron chi connectivity index (χ3n) is 1.86. The molecule has 14 heavy (non-hydrogen) atoms. The summed E-state index contributed by atoms with van der Waals surface area (Å²) < 4.78 is 2.86. The number of thiophene rings is 1. The van der Waals surface area contributed by atoms with Gasteiger partial charge in [-0.25, -0.2) is 4.79 Å². The number of rotatable bonds is 1. The molecule has 0 radical (unpaired) electrons. The van der Waals surface area contributed by atoms with E-state index < -0.39 is 5.97 Å². The zero-order valence-corrected chi connectivity index (χ0v) is 11.3. The van der Waals surface area contributed by atoms with E-state index in [9.17, 15) is 4.79 Å². The summed E-state index contributed by atoms with van der Waals surface area (Å²) in [7, 11) is 0. The number of benzene rings is 1. The van der Waals surface area contributed by atoms with Gasteiger partial charge in [-0.1, -0.05) is 0 Å². The monoisotopic (exact) mass is 382 g/mol. The molecular weight excluding hydrogens is 379 g/mol. The average Bonchev–Trinajstić information content (AvgIpc) is 2.48. The first-order chi connectivity index (χ1) is 6.61. The van der Waals surface area contributed by atoms with Crippen LogP contribution in [0.25, 0.3) is 10.1 Å². The predicted molar refractivity (Wildman–Crippen MR) is 69.2 cm³/mol. The first-order valence-electron chi connectivity index (χ1n) is 3.69. The lowest BCUT2D eigenvalue weighted by atomic mass is 10.2. The lowest BCUT2D eigenvalue weighted by Gasteiger charge is -2.00. The molecule has 0 amide bonds. The Bertz CT molecular complexity index is 521. The van der Waals surface area contributed by atoms with Gasteiger partial charge in [-0.05, 0) is 50.7 Å². The minimum Gasteiger partial charge on any atom is -0.478 e. The van der Waals surface area contributed by atoms with E-state index in [-0.39, 0.29) is 0 Å². The SMILES string of the molecule is O=C(O)c1ccc2scc(Br)c2c1I. The van der Waals surface area contributed by atoms with Gasteiger partial charge >= 0.3 is 5.97 Å². The zero-order valence-electron chi connectivity index (χ0n) is 6.75. The van der Waals surface area contributed by atoms with Gasteiger partial charge in [0.2, 0.25) is 0 Å². The Labute approximate surface area is 106 Å². The highest BCUT2D eigenvalue weighted by Gasteiger charge is 2.13. The lowest BCUT2D eigenvalue weighted by Crippen LogP contribution is -1.99. The van der Waals surface area contributed by atoms with Gasteiger partial charge in [0.1, 0.15) is 0 Å². The maximum atomic E-state index is 10.9. The van der Waals surface area contributed by atoms with Gasteiger partial charge in [0.25, 0.3) is 0 Å². The van der Waals surface area contributed by atoms with Crippen molar-refractivity contribution in [1.29, 1.82) is 0 Å². The van der Waals surface area contributed by atoms with Gasteiger partial charge < -0.3 is 5.11 Å². The Balaban J connectivity index is 2.86. The minimum absolute atomic E-state index is 0.359. The van der Waals surface area contributed by atoms with E-state index in [1.54, 1.807) is 17.4 Å². The fourth-order valence-electron chi connectivity index (χ4n) is 1.22. The van der Waals surface area contributed by atoms with Crippen LogP contribution in [0.4, 0.5) is 0 Å². The Morgan fingerprint density at radius 1 is 1.50 bits per heavy atom. The number of halogens is 2. The summed E-state index contributed by atoms with van der Waals surface area (Å²) >= 11 is 7.09. The molecule has 0 spiro atoms. The van der Waals surface area contributed by atoms with Gasteiger partial charge in [0.15, 0.2) is 0 Å². The van der Waals surface area contributed by atoms with Crippen molar-refractivity contribution < 1.29 is 9.90 Å². The van der Waals surface area contributed by atoms with Gasteiger partial charge in [0.05, 0.1) is 5.56 Å². The largest absolute Gasteiger partial charge is 0.478 e. The quantitative estimate of drug-likeness (QED) is 0.758. The van der Waals surface area contributed by atoms with Crippen LogP contribution in [0, 0.1) is 3.57 Å². The third kappa shape index (κ3) is 1.57. The van der Waals surface area contributed by atoms with Gasteiger partial charge in [-0.15, -0.1) is 11.3 Å². The summed E-state index contributed by atoms with van der Waals surface area (Å²) in [6.45, 7) is 0. The molecule has 0 bridgehead atoms. The molecule has 1 aromatic carbocycles. The summed E-state index contributed by atoms with van der Waals surface area (Å²) in [6, 6.07) is 3.49. The van der Waals surface area contributed by atoms with Crippen molar-refractivity contribution in [3.63, 3.8) is 0 Å². The normalized spacial score (nSPS) is 10.7. The number of aromatic carboxylic acids is 1. The maximum absolute atomic E-state index is 10.9. The van der Waals surface area contributed by atoms with Crippen molar-refractivity contribution in [2.45, 2.75) is 0 Å². The van der Waals surface area contributed by atoms with Crippen LogP contribution in [0.15, 0.2) is 22.0 Å². The molecule has 1 heterocycles. The molecule has 1 aromatic heterocycles. The smallest absolute Gasteiger partial charge is 0.336 e. The fraction of sp³-hybridized carbons (Fsp3) is 0. The standard InChI is InChI=1S/C9H4BrIO2S/c10-5-3-14-6-2-1-4(9(12)13)8(11)7(5)6/h1-3H,(H,12,13). The number of carboxylic acids is 1. The van der Waals surface area contributed by atoms with Crippen LogP contribution >= 0.6 is 49.9 Å². The van der Waals surface area contributed by atoms with E-state index in [1.165, 1.54) is 0 Å². The highest BCUT2D eigenvalue weighted by atomic mass is 127. The van der Waals surface area contributed by atoms with E-state index in [1.807, 2.05) is 11.4 Å². The van der Waals surface area contributed by atoms with E-state index in [0.717, 1.165) is 18.1 Å². The Hall–Kier alpha value is -0.140. The minimum atomic E-state index is -0.880. The van der Waals surface area contributed by atoms with Gasteiger partial charge in [0, 0.05) is 23.5 Å². The summed E-state index contributed by atoms with van der Waals surface area (Å²) in [6.07, 6.45) is 0. The lowest BCUT2D eigenvalue weighted by molar-refractivity contribution is 0.0696. The summed E-state index contributed by atoms with van der Waals surface area (Å²) in [4.78, 5) is 10.9. The van der Waals surface area contributed by atoms with Gasteiger partial charge in [-0.2, -0.15) is 0 Å². The van der Waals surface area contributed by atoms with E-state index in [4.69, 9.17) is 5.11 Å². The number of hydrogen-bond donors (Lipinski definition) is 1. The van der Waals surface area contributed by atoms with Crippen molar-refractivity contribution in [3.8, 4) is 0 Å². The van der Waals surface area contributed by atoms with Crippen LogP contribution in [0.5, 0.6) is 0 Å². The first-order valence-corrected chi connectivity index (χ1v) is 6.45. The van der Waals surface area contributed by atoms with E-state index >= 15 is 0 Å². The van der Waals surface area contributed by atoms with Crippen LogP contribution in [-0.4, -0.2) is 11.1 Å². The molecule has 0 aliphatic rings. The average molecular weight is 383 g/mol. The molecule has 5 heteroatoms. The number of carbonyl (C=O) groups is 1. The molecule has 0 aliphatic carbocycles. The second-order valence-corrected chi connectivity index (χ2v) is 5.53. The van der Waals surface area contributed by atoms with Gasteiger partial charge in [-0.3, -0.25) is 0 Å². The van der Waals surface area contributed by atoms with Crippen molar-refractivity contribution >= 4 is 65.9 Å². The number of fused-ring (bicyclic) bond motifs is 1. The van der Waals surface area contributed by atoms with Crippen molar-refractivity contribution in [1.82, 2.24) is 0 Å².